The lowest BCUT2D eigenvalue weighted by molar-refractivity contribution is -0.371. The molecule has 1 aromatic heterocycles. The second-order valence-corrected chi connectivity index (χ2v) is 18.3. The molecule has 6 fully saturated rings. The number of Topliss-reactive ketones (excluding diaryl/α,β-unsaturated/α-hetero) is 1. The number of carbonyl (C=O) groups excluding carboxylic acids is 5. The molecule has 0 radical (unpaired) electrons. The van der Waals surface area contributed by atoms with Crippen LogP contribution in [0.15, 0.2) is 71.5 Å². The van der Waals surface area contributed by atoms with Gasteiger partial charge in [-0.1, -0.05) is 50.2 Å². The molecule has 2 aromatic carbocycles. The third kappa shape index (κ3) is 5.10. The van der Waals surface area contributed by atoms with Crippen LogP contribution >= 0.6 is 0 Å². The molecule has 14 atom stereocenters. The van der Waals surface area contributed by atoms with Crippen LogP contribution in [-0.4, -0.2) is 83.8 Å². The number of benzene rings is 2. The highest BCUT2D eigenvalue weighted by molar-refractivity contribution is 5.94. The monoisotopic (exact) mass is 810 g/mol. The van der Waals surface area contributed by atoms with Crippen LogP contribution in [0, 0.1) is 47.3 Å². The lowest BCUT2D eigenvalue weighted by Gasteiger charge is -2.73. The first-order valence-corrected chi connectivity index (χ1v) is 20.4. The molecule has 4 aliphatic carbocycles. The van der Waals surface area contributed by atoms with Crippen LogP contribution in [0.25, 0.3) is 0 Å². The number of esters is 4. The zero-order valence-corrected chi connectivity index (χ0v) is 34.2. The average molecular weight is 811 g/mol. The number of aliphatic hydroxyl groups is 1. The van der Waals surface area contributed by atoms with Gasteiger partial charge in [-0.25, -0.2) is 9.59 Å². The van der Waals surface area contributed by atoms with E-state index in [9.17, 15) is 24.3 Å². The van der Waals surface area contributed by atoms with Crippen molar-refractivity contribution >= 4 is 29.7 Å². The fourth-order valence-electron chi connectivity index (χ4n) is 13.2. The highest BCUT2D eigenvalue weighted by Crippen LogP contribution is 2.83. The summed E-state index contributed by atoms with van der Waals surface area (Å²) >= 11 is 0. The average Bonchev–Trinajstić information content (AvgIpc) is 3.54. The van der Waals surface area contributed by atoms with Gasteiger partial charge in [-0.15, -0.1) is 0 Å². The van der Waals surface area contributed by atoms with Gasteiger partial charge in [0.2, 0.25) is 6.29 Å². The number of rotatable bonds is 7. The summed E-state index contributed by atoms with van der Waals surface area (Å²) in [5, 5.41) is 12.9. The van der Waals surface area contributed by atoms with Gasteiger partial charge in [-0.2, -0.15) is 0 Å². The predicted molar refractivity (Wildman–Crippen MR) is 205 cm³/mol. The summed E-state index contributed by atoms with van der Waals surface area (Å²) in [6, 6.07) is 15.8. The van der Waals surface area contributed by atoms with Gasteiger partial charge in [0.1, 0.15) is 17.8 Å². The first-order chi connectivity index (χ1) is 28.0. The van der Waals surface area contributed by atoms with Crippen molar-refractivity contribution in [1.29, 1.82) is 0 Å². The fourth-order valence-corrected chi connectivity index (χ4v) is 13.2. The van der Waals surface area contributed by atoms with E-state index >= 15 is 4.79 Å². The number of carbonyl (C=O) groups is 5. The minimum Gasteiger partial charge on any atom is -0.472 e. The van der Waals surface area contributed by atoms with E-state index < -0.39 is 106 Å². The van der Waals surface area contributed by atoms with Crippen LogP contribution in [0.4, 0.5) is 0 Å². The van der Waals surface area contributed by atoms with E-state index in [1.165, 1.54) is 13.8 Å². The third-order valence-electron chi connectivity index (χ3n) is 15.7. The number of aliphatic hydroxyl groups excluding tert-OH is 1. The van der Waals surface area contributed by atoms with Crippen molar-refractivity contribution in [2.45, 2.75) is 116 Å². The number of fused-ring (bicyclic) bond motifs is 1. The van der Waals surface area contributed by atoms with Gasteiger partial charge in [0.15, 0.2) is 11.9 Å². The summed E-state index contributed by atoms with van der Waals surface area (Å²) in [4.78, 5) is 70.4. The number of aryl methyl sites for hydroxylation is 2. The number of hydrogen-bond donors (Lipinski definition) is 1. The topological polar surface area (TPSA) is 177 Å². The van der Waals surface area contributed by atoms with E-state index in [2.05, 4.69) is 0 Å². The summed E-state index contributed by atoms with van der Waals surface area (Å²) in [6.45, 7) is 11.4. The van der Waals surface area contributed by atoms with Gasteiger partial charge in [0.05, 0.1) is 53.3 Å². The van der Waals surface area contributed by atoms with Gasteiger partial charge in [-0.05, 0) is 74.4 Å². The second kappa shape index (κ2) is 13.3. The minimum atomic E-state index is -1.45. The van der Waals surface area contributed by atoms with Crippen LogP contribution in [-0.2, 0) is 42.8 Å². The van der Waals surface area contributed by atoms with Gasteiger partial charge >= 0.3 is 23.9 Å². The maximum atomic E-state index is 16.0. The molecule has 3 heterocycles. The molecule has 6 aliphatic rings. The van der Waals surface area contributed by atoms with Crippen LogP contribution < -0.4 is 0 Å². The van der Waals surface area contributed by atoms with Crippen molar-refractivity contribution in [3.8, 4) is 0 Å². The first kappa shape index (κ1) is 39.6. The number of ketones is 1. The molecule has 1 N–H and O–H groups in total. The second-order valence-electron chi connectivity index (χ2n) is 18.3. The van der Waals surface area contributed by atoms with E-state index in [4.69, 9.17) is 32.8 Å². The van der Waals surface area contributed by atoms with Crippen molar-refractivity contribution in [2.24, 2.45) is 33.5 Å². The molecule has 1 spiro atoms. The highest BCUT2D eigenvalue weighted by atomic mass is 16.7. The number of hydrogen-bond acceptors (Lipinski definition) is 13. The van der Waals surface area contributed by atoms with Crippen molar-refractivity contribution in [2.75, 3.05) is 6.61 Å². The van der Waals surface area contributed by atoms with Crippen molar-refractivity contribution < 1.29 is 61.9 Å². The van der Waals surface area contributed by atoms with E-state index in [1.54, 1.807) is 75.8 Å². The molecule has 0 amide bonds. The molecular formula is C46H50O13. The molecule has 312 valence electrons. The molecule has 4 saturated carbocycles. The molecule has 0 unspecified atom stereocenters. The highest BCUT2D eigenvalue weighted by Gasteiger charge is 2.93. The van der Waals surface area contributed by atoms with Crippen molar-refractivity contribution in [3.05, 3.63) is 94.9 Å². The van der Waals surface area contributed by atoms with Gasteiger partial charge in [-0.3, -0.25) is 14.4 Å². The molecule has 13 heteroatoms. The number of epoxide rings is 1. The Balaban J connectivity index is 1.24. The normalized spacial score (nSPS) is 41.3. The molecule has 59 heavy (non-hydrogen) atoms. The Bertz CT molecular complexity index is 2250. The van der Waals surface area contributed by atoms with Crippen molar-refractivity contribution in [1.82, 2.24) is 0 Å². The Kier molecular flexibility index (Phi) is 8.94. The largest absolute Gasteiger partial charge is 0.472 e. The smallest absolute Gasteiger partial charge is 0.340 e. The van der Waals surface area contributed by atoms with Crippen LogP contribution in [0.3, 0.4) is 0 Å². The summed E-state index contributed by atoms with van der Waals surface area (Å²) in [7, 11) is 0. The molecule has 9 rings (SSSR count). The first-order valence-electron chi connectivity index (χ1n) is 20.4. The van der Waals surface area contributed by atoms with Gasteiger partial charge in [0.25, 0.3) is 0 Å². The zero-order valence-electron chi connectivity index (χ0n) is 34.2. The molecule has 2 saturated heterocycles. The fraction of sp³-hybridized carbons (Fsp3) is 0.543. The number of furan rings is 1. The Hall–Kier alpha value is -4.85. The summed E-state index contributed by atoms with van der Waals surface area (Å²) in [6.07, 6.45) is -2.99. The SMILES string of the molecule is CC(=O)O[C@@H]1C[C@H](OC(=O)c2ccccc2C)[C@@]23CO[C@@H](OC(=O)c4ccccc4C)[C@]1(C)[C@@H]2C[C@@H](O)[C@]1(C)[C@@H]3C(=O)[C@H](OC(C)=O)[C@@]2(C)[C@H](c3ccoc3)C[C@H]3O[C@]321. The Morgan fingerprint density at radius 1 is 0.763 bits per heavy atom. The van der Waals surface area contributed by atoms with Crippen LogP contribution in [0.1, 0.15) is 97.2 Å². The van der Waals surface area contributed by atoms with E-state index in [-0.39, 0.29) is 25.4 Å². The Labute approximate surface area is 342 Å². The van der Waals surface area contributed by atoms with E-state index in [0.717, 1.165) is 5.56 Å². The maximum Gasteiger partial charge on any atom is 0.340 e. The summed E-state index contributed by atoms with van der Waals surface area (Å²) in [5.41, 5.74) is -3.77. The zero-order chi connectivity index (χ0) is 42.0. The van der Waals surface area contributed by atoms with E-state index in [1.807, 2.05) is 26.0 Å². The van der Waals surface area contributed by atoms with Crippen LogP contribution in [0.5, 0.6) is 0 Å². The van der Waals surface area contributed by atoms with Gasteiger partial charge < -0.3 is 37.9 Å². The maximum absolute atomic E-state index is 16.0. The van der Waals surface area contributed by atoms with Crippen LogP contribution in [0.2, 0.25) is 0 Å². The Morgan fingerprint density at radius 3 is 1.98 bits per heavy atom. The predicted octanol–water partition coefficient (Wildman–Crippen LogP) is 5.81. The molecule has 2 aliphatic heterocycles. The van der Waals surface area contributed by atoms with E-state index in [0.29, 0.717) is 28.7 Å². The summed E-state index contributed by atoms with van der Waals surface area (Å²) < 4.78 is 44.2. The Morgan fingerprint density at radius 2 is 1.39 bits per heavy atom. The van der Waals surface area contributed by atoms with Gasteiger partial charge in [0, 0.05) is 42.9 Å². The lowest BCUT2D eigenvalue weighted by atomic mass is 9.33. The third-order valence-corrected chi connectivity index (χ3v) is 15.7. The molecular weight excluding hydrogens is 760 g/mol. The lowest BCUT2D eigenvalue weighted by Crippen LogP contribution is -2.82. The molecule has 13 nitrogen and oxygen atoms in total. The standard InChI is InChI=1S/C46H50O13/c1-23-12-8-10-14-28(23)39(51)57-34-20-33(55-25(3)47)42(5)31-19-32(49)44(7)37(45(31,34)22-54-41(42)58-40(52)29-15-11-9-13-24(29)2)36(50)38(56-26(4)48)43(6)30(27-16-17-53-21-27)18-35-46(43,44)59-35/h8-17,21,30-35,37-38,41,49H,18-20,22H2,1-7H3/t30-,31-,32+,33+,34-,35+,37-,38-,41-,42+,43+,44+,45+,46+/m0/s1. The minimum absolute atomic E-state index is 0.0112. The summed E-state index contributed by atoms with van der Waals surface area (Å²) in [5.74, 6) is -5.46. The van der Waals surface area contributed by atoms with Crippen molar-refractivity contribution in [3.63, 3.8) is 0 Å². The molecule has 3 aromatic rings. The number of ether oxygens (including phenoxy) is 6. The molecule has 2 bridgehead atoms. The quantitative estimate of drug-likeness (QED) is 0.172.